The number of amides is 3. The van der Waals surface area contributed by atoms with E-state index >= 15 is 0 Å². The van der Waals surface area contributed by atoms with Crippen molar-refractivity contribution in [3.63, 3.8) is 0 Å². The standard InChI is InChI=1S/C29H34N6O4/c30-26(36)24(12-7-17-33-28(31)32)34-27(37)25(35-29(38)39-19-21-8-3-1-4-9-21)18-20-13-15-23(16-14-20)22-10-5-2-6-11-22/h1-6,8-11,13-16,24-25H,7,12,17-19H2,(H2,30,36)(H,34,37)(H,35,38)(H4,31,32,33). The molecule has 3 aromatic carbocycles. The molecule has 39 heavy (non-hydrogen) atoms. The van der Waals surface area contributed by atoms with E-state index in [1.807, 2.05) is 84.9 Å². The lowest BCUT2D eigenvalue weighted by Crippen LogP contribution is -2.53. The second-order valence-electron chi connectivity index (χ2n) is 8.94. The Labute approximate surface area is 227 Å². The molecular weight excluding hydrogens is 496 g/mol. The first kappa shape index (κ1) is 28.7. The molecule has 3 aromatic rings. The third-order valence-corrected chi connectivity index (χ3v) is 5.93. The number of primary amides is 1. The van der Waals surface area contributed by atoms with E-state index in [1.54, 1.807) is 0 Å². The number of benzene rings is 3. The molecular formula is C29H34N6O4. The van der Waals surface area contributed by atoms with Crippen LogP contribution in [0.25, 0.3) is 11.1 Å². The lowest BCUT2D eigenvalue weighted by Gasteiger charge is -2.22. The van der Waals surface area contributed by atoms with E-state index in [9.17, 15) is 14.4 Å². The van der Waals surface area contributed by atoms with Crippen molar-refractivity contribution in [3.8, 4) is 11.1 Å². The summed E-state index contributed by atoms with van der Waals surface area (Å²) in [7, 11) is 0. The van der Waals surface area contributed by atoms with Gasteiger partial charge >= 0.3 is 6.09 Å². The van der Waals surface area contributed by atoms with Gasteiger partial charge < -0.3 is 32.6 Å². The van der Waals surface area contributed by atoms with Crippen LogP contribution in [0.3, 0.4) is 0 Å². The number of ether oxygens (including phenoxy) is 1. The van der Waals surface area contributed by atoms with Crippen molar-refractivity contribution >= 4 is 23.9 Å². The Kier molecular flexibility index (Phi) is 10.9. The molecule has 2 unspecified atom stereocenters. The van der Waals surface area contributed by atoms with Crippen molar-refractivity contribution in [1.29, 1.82) is 0 Å². The molecule has 0 saturated carbocycles. The first-order valence-electron chi connectivity index (χ1n) is 12.6. The van der Waals surface area contributed by atoms with Crippen LogP contribution in [0.1, 0.15) is 24.0 Å². The van der Waals surface area contributed by atoms with Crippen LogP contribution in [0.15, 0.2) is 89.9 Å². The molecule has 0 aromatic heterocycles. The number of nitrogens with two attached hydrogens (primary N) is 3. The number of nitrogens with zero attached hydrogens (tertiary/aromatic N) is 1. The number of alkyl carbamates (subject to hydrolysis) is 1. The van der Waals surface area contributed by atoms with E-state index in [1.165, 1.54) is 0 Å². The topological polar surface area (TPSA) is 175 Å². The lowest BCUT2D eigenvalue weighted by atomic mass is 10.00. The zero-order valence-corrected chi connectivity index (χ0v) is 21.6. The number of guanidine groups is 1. The van der Waals surface area contributed by atoms with Crippen molar-refractivity contribution in [2.45, 2.75) is 38.0 Å². The van der Waals surface area contributed by atoms with Crippen LogP contribution in [-0.4, -0.2) is 42.5 Å². The Hall–Kier alpha value is -4.86. The largest absolute Gasteiger partial charge is 0.445 e. The molecule has 0 aliphatic heterocycles. The number of aliphatic imine (C=N–C) groups is 1. The maximum atomic E-state index is 13.2. The number of nitrogens with one attached hydrogen (secondary N) is 2. The third-order valence-electron chi connectivity index (χ3n) is 5.93. The van der Waals surface area contributed by atoms with Crippen LogP contribution >= 0.6 is 0 Å². The van der Waals surface area contributed by atoms with Gasteiger partial charge in [0, 0.05) is 13.0 Å². The van der Waals surface area contributed by atoms with Gasteiger partial charge in [-0.25, -0.2) is 4.79 Å². The average molecular weight is 531 g/mol. The molecule has 0 spiro atoms. The smallest absolute Gasteiger partial charge is 0.408 e. The van der Waals surface area contributed by atoms with Crippen molar-refractivity contribution in [2.75, 3.05) is 6.54 Å². The minimum atomic E-state index is -1.02. The molecule has 0 aliphatic carbocycles. The molecule has 204 valence electrons. The quantitative estimate of drug-likeness (QED) is 0.129. The van der Waals surface area contributed by atoms with Crippen molar-refractivity contribution < 1.29 is 19.1 Å². The van der Waals surface area contributed by atoms with Gasteiger partial charge in [0.25, 0.3) is 0 Å². The van der Waals surface area contributed by atoms with Crippen LogP contribution < -0.4 is 27.8 Å². The summed E-state index contributed by atoms with van der Waals surface area (Å²) in [4.78, 5) is 41.7. The maximum absolute atomic E-state index is 13.2. The predicted molar refractivity (Wildman–Crippen MR) is 150 cm³/mol. The van der Waals surface area contributed by atoms with Gasteiger partial charge in [0.15, 0.2) is 5.96 Å². The monoisotopic (exact) mass is 530 g/mol. The first-order valence-corrected chi connectivity index (χ1v) is 12.6. The highest BCUT2D eigenvalue weighted by Gasteiger charge is 2.26. The van der Waals surface area contributed by atoms with Crippen molar-refractivity contribution in [1.82, 2.24) is 10.6 Å². The number of carbonyl (C=O) groups excluding carboxylic acids is 3. The van der Waals surface area contributed by atoms with Gasteiger partial charge in [-0.1, -0.05) is 84.9 Å². The summed E-state index contributed by atoms with van der Waals surface area (Å²) in [5.74, 6) is -1.33. The molecule has 0 heterocycles. The van der Waals surface area contributed by atoms with Crippen molar-refractivity contribution in [3.05, 3.63) is 96.1 Å². The molecule has 2 atom stereocenters. The van der Waals surface area contributed by atoms with Gasteiger partial charge in [-0.2, -0.15) is 0 Å². The molecule has 0 fully saturated rings. The summed E-state index contributed by atoms with van der Waals surface area (Å²) in [6, 6.07) is 24.8. The Morgan fingerprint density at radius 1 is 0.744 bits per heavy atom. The van der Waals surface area contributed by atoms with E-state index in [0.29, 0.717) is 6.42 Å². The van der Waals surface area contributed by atoms with Crippen LogP contribution in [0.2, 0.25) is 0 Å². The zero-order chi connectivity index (χ0) is 28.0. The van der Waals surface area contributed by atoms with Crippen LogP contribution in [0, 0.1) is 0 Å². The average Bonchev–Trinajstić information content (AvgIpc) is 2.94. The fraction of sp³-hybridized carbons (Fsp3) is 0.241. The van der Waals surface area contributed by atoms with E-state index in [2.05, 4.69) is 15.6 Å². The summed E-state index contributed by atoms with van der Waals surface area (Å²) < 4.78 is 5.32. The third kappa shape index (κ3) is 9.84. The summed E-state index contributed by atoms with van der Waals surface area (Å²) in [5.41, 5.74) is 19.9. The molecule has 0 saturated heterocycles. The van der Waals surface area contributed by atoms with E-state index in [4.69, 9.17) is 21.9 Å². The van der Waals surface area contributed by atoms with Crippen LogP contribution in [0.4, 0.5) is 4.79 Å². The molecule has 0 radical (unpaired) electrons. The van der Waals surface area contributed by atoms with Gasteiger partial charge in [0.05, 0.1) is 0 Å². The van der Waals surface area contributed by atoms with E-state index in [0.717, 1.165) is 22.3 Å². The Bertz CT molecular complexity index is 1250. The Balaban J connectivity index is 1.70. The lowest BCUT2D eigenvalue weighted by molar-refractivity contribution is -0.128. The minimum Gasteiger partial charge on any atom is -0.445 e. The highest BCUT2D eigenvalue weighted by Crippen LogP contribution is 2.20. The normalized spacial score (nSPS) is 12.0. The summed E-state index contributed by atoms with van der Waals surface area (Å²) in [5, 5.41) is 5.27. The molecule has 0 aliphatic rings. The number of rotatable bonds is 13. The molecule has 3 amide bonds. The Morgan fingerprint density at radius 3 is 1.97 bits per heavy atom. The number of hydrogen-bond donors (Lipinski definition) is 5. The highest BCUT2D eigenvalue weighted by molar-refractivity contribution is 5.91. The zero-order valence-electron chi connectivity index (χ0n) is 21.6. The predicted octanol–water partition coefficient (Wildman–Crippen LogP) is 2.21. The summed E-state index contributed by atoms with van der Waals surface area (Å²) in [6.45, 7) is 0.324. The fourth-order valence-corrected chi connectivity index (χ4v) is 3.88. The van der Waals surface area contributed by atoms with Gasteiger partial charge in [-0.05, 0) is 35.1 Å². The van der Waals surface area contributed by atoms with Crippen molar-refractivity contribution in [2.24, 2.45) is 22.2 Å². The maximum Gasteiger partial charge on any atom is 0.408 e. The second-order valence-corrected chi connectivity index (χ2v) is 8.94. The van der Waals surface area contributed by atoms with E-state index < -0.39 is 30.0 Å². The molecule has 8 N–H and O–H groups in total. The van der Waals surface area contributed by atoms with E-state index in [-0.39, 0.29) is 32.0 Å². The number of carbonyl (C=O) groups is 3. The van der Waals surface area contributed by atoms with Crippen LogP contribution in [0.5, 0.6) is 0 Å². The molecule has 0 bridgehead atoms. The molecule has 10 heteroatoms. The number of hydrogen-bond acceptors (Lipinski definition) is 5. The summed E-state index contributed by atoms with van der Waals surface area (Å²) >= 11 is 0. The van der Waals surface area contributed by atoms with Gasteiger partial charge in [-0.3, -0.25) is 14.6 Å². The van der Waals surface area contributed by atoms with Crippen LogP contribution in [-0.2, 0) is 27.4 Å². The fourth-order valence-electron chi connectivity index (χ4n) is 3.88. The second kappa shape index (κ2) is 14.8. The molecule has 3 rings (SSSR count). The Morgan fingerprint density at radius 2 is 1.36 bits per heavy atom. The first-order chi connectivity index (χ1) is 18.8. The highest BCUT2D eigenvalue weighted by atomic mass is 16.5. The molecule has 10 nitrogen and oxygen atoms in total. The minimum absolute atomic E-state index is 0.0431. The summed E-state index contributed by atoms with van der Waals surface area (Å²) in [6.07, 6.45) is 0.0582. The SMILES string of the molecule is NC(=O)C(CCCN=C(N)N)NC(=O)C(Cc1ccc(-c2ccccc2)cc1)NC(=O)OCc1ccccc1. The van der Waals surface area contributed by atoms with Gasteiger partial charge in [0.1, 0.15) is 18.7 Å². The van der Waals surface area contributed by atoms with Gasteiger partial charge in [-0.15, -0.1) is 0 Å². The van der Waals surface area contributed by atoms with Gasteiger partial charge in [0.2, 0.25) is 11.8 Å².